The molecule has 0 aliphatic heterocycles. The topological polar surface area (TPSA) is 21.3 Å². The van der Waals surface area contributed by atoms with E-state index in [4.69, 9.17) is 27.9 Å². The maximum absolute atomic E-state index is 6.04. The molecule has 0 radical (unpaired) electrons. The van der Waals surface area contributed by atoms with E-state index >= 15 is 0 Å². The van der Waals surface area contributed by atoms with Crippen LogP contribution in [0.1, 0.15) is 32.3 Å². The van der Waals surface area contributed by atoms with E-state index in [1.807, 2.05) is 12.1 Å². The van der Waals surface area contributed by atoms with Gasteiger partial charge in [0.05, 0.1) is 16.7 Å². The Balaban J connectivity index is 2.32. The molecule has 1 rings (SSSR count). The summed E-state index contributed by atoms with van der Waals surface area (Å²) in [6, 6.07) is 5.90. The fourth-order valence-electron chi connectivity index (χ4n) is 2.03. The Labute approximate surface area is 132 Å². The molecule has 0 aliphatic rings. The standard InChI is InChI=1S/C16H25Cl2NO/c1-16(2,8-9-19-10-11-20-3)7-6-13-4-5-14(17)15(18)12-13/h4-5,12,19H,6-11H2,1-3H3. The Kier molecular flexibility index (Phi) is 7.90. The molecule has 0 bridgehead atoms. The van der Waals surface area contributed by atoms with Crippen molar-refractivity contribution in [2.45, 2.75) is 33.1 Å². The molecule has 2 nitrogen and oxygen atoms in total. The minimum atomic E-state index is 0.312. The smallest absolute Gasteiger partial charge is 0.0595 e. The highest BCUT2D eigenvalue weighted by molar-refractivity contribution is 6.42. The first-order valence-electron chi connectivity index (χ1n) is 7.08. The molecular weight excluding hydrogens is 293 g/mol. The van der Waals surface area contributed by atoms with Gasteiger partial charge in [-0.3, -0.25) is 0 Å². The van der Waals surface area contributed by atoms with Crippen LogP contribution in [0.5, 0.6) is 0 Å². The average molecular weight is 318 g/mol. The van der Waals surface area contributed by atoms with E-state index in [1.165, 1.54) is 5.56 Å². The van der Waals surface area contributed by atoms with Crippen molar-refractivity contribution in [3.8, 4) is 0 Å². The van der Waals surface area contributed by atoms with E-state index in [9.17, 15) is 0 Å². The van der Waals surface area contributed by atoms with Crippen LogP contribution in [0, 0.1) is 5.41 Å². The predicted molar refractivity (Wildman–Crippen MR) is 87.9 cm³/mol. The zero-order valence-corrected chi connectivity index (χ0v) is 14.2. The highest BCUT2D eigenvalue weighted by Crippen LogP contribution is 2.28. The van der Waals surface area contributed by atoms with Crippen LogP contribution in [0.15, 0.2) is 18.2 Å². The van der Waals surface area contributed by atoms with Crippen LogP contribution in [-0.2, 0) is 11.2 Å². The number of nitrogens with one attached hydrogen (secondary N) is 1. The molecule has 1 aromatic carbocycles. The Bertz CT molecular complexity index is 407. The van der Waals surface area contributed by atoms with Crippen LogP contribution < -0.4 is 5.32 Å². The fourth-order valence-corrected chi connectivity index (χ4v) is 2.35. The van der Waals surface area contributed by atoms with Crippen LogP contribution in [-0.4, -0.2) is 26.8 Å². The van der Waals surface area contributed by atoms with E-state index in [1.54, 1.807) is 7.11 Å². The normalized spacial score (nSPS) is 11.8. The molecule has 1 N–H and O–H groups in total. The lowest BCUT2D eigenvalue weighted by Gasteiger charge is -2.25. The van der Waals surface area contributed by atoms with Gasteiger partial charge in [0.15, 0.2) is 0 Å². The highest BCUT2D eigenvalue weighted by atomic mass is 35.5. The van der Waals surface area contributed by atoms with E-state index in [2.05, 4.69) is 25.2 Å². The largest absolute Gasteiger partial charge is 0.383 e. The van der Waals surface area contributed by atoms with Gasteiger partial charge in [-0.05, 0) is 48.9 Å². The average Bonchev–Trinajstić information content (AvgIpc) is 2.40. The zero-order valence-electron chi connectivity index (χ0n) is 12.6. The minimum Gasteiger partial charge on any atom is -0.383 e. The summed E-state index contributed by atoms with van der Waals surface area (Å²) < 4.78 is 5.01. The van der Waals surface area contributed by atoms with E-state index in [0.717, 1.165) is 39.0 Å². The third-order valence-corrected chi connectivity index (χ3v) is 4.28. The molecule has 0 saturated carbocycles. The number of aryl methyl sites for hydroxylation is 1. The summed E-state index contributed by atoms with van der Waals surface area (Å²) in [5.41, 5.74) is 1.56. The minimum absolute atomic E-state index is 0.312. The van der Waals surface area contributed by atoms with E-state index in [0.29, 0.717) is 15.5 Å². The summed E-state index contributed by atoms with van der Waals surface area (Å²) in [6.07, 6.45) is 3.32. The number of ether oxygens (including phenoxy) is 1. The number of benzene rings is 1. The molecule has 1 aromatic rings. The molecule has 0 spiro atoms. The van der Waals surface area contributed by atoms with Gasteiger partial charge in [-0.25, -0.2) is 0 Å². The van der Waals surface area contributed by atoms with Gasteiger partial charge in [-0.15, -0.1) is 0 Å². The van der Waals surface area contributed by atoms with E-state index < -0.39 is 0 Å². The van der Waals surface area contributed by atoms with Crippen LogP contribution in [0.3, 0.4) is 0 Å². The SMILES string of the molecule is COCCNCCC(C)(C)CCc1ccc(Cl)c(Cl)c1. The monoisotopic (exact) mass is 317 g/mol. The van der Waals surface area contributed by atoms with E-state index in [-0.39, 0.29) is 0 Å². The van der Waals surface area contributed by atoms with Crippen molar-refractivity contribution in [3.05, 3.63) is 33.8 Å². The molecule has 0 aromatic heterocycles. The summed E-state index contributed by atoms with van der Waals surface area (Å²) >= 11 is 12.0. The van der Waals surface area contributed by atoms with Crippen LogP contribution in [0.25, 0.3) is 0 Å². The number of hydrogen-bond donors (Lipinski definition) is 1. The van der Waals surface area contributed by atoms with Crippen molar-refractivity contribution in [1.29, 1.82) is 0 Å². The third-order valence-electron chi connectivity index (χ3n) is 3.54. The lowest BCUT2D eigenvalue weighted by Crippen LogP contribution is -2.25. The van der Waals surface area contributed by atoms with Gasteiger partial charge >= 0.3 is 0 Å². The third kappa shape index (κ3) is 6.94. The molecule has 0 amide bonds. The number of halogens is 2. The van der Waals surface area contributed by atoms with Gasteiger partial charge in [0, 0.05) is 13.7 Å². The molecule has 0 atom stereocenters. The lowest BCUT2D eigenvalue weighted by molar-refractivity contribution is 0.197. The number of rotatable bonds is 9. The van der Waals surface area contributed by atoms with Crippen molar-refractivity contribution >= 4 is 23.2 Å². The molecule has 0 saturated heterocycles. The highest BCUT2D eigenvalue weighted by Gasteiger charge is 2.17. The maximum Gasteiger partial charge on any atom is 0.0595 e. The zero-order chi connectivity index (χ0) is 15.0. The van der Waals surface area contributed by atoms with Crippen molar-refractivity contribution in [2.24, 2.45) is 5.41 Å². The summed E-state index contributed by atoms with van der Waals surface area (Å²) in [5.74, 6) is 0. The summed E-state index contributed by atoms with van der Waals surface area (Å²) in [4.78, 5) is 0. The molecule has 0 fully saturated rings. The Hall–Kier alpha value is -0.280. The first-order chi connectivity index (χ1) is 9.44. The molecule has 0 heterocycles. The predicted octanol–water partition coefficient (Wildman–Crippen LogP) is 4.58. The van der Waals surface area contributed by atoms with Crippen molar-refractivity contribution < 1.29 is 4.74 Å². The van der Waals surface area contributed by atoms with Crippen molar-refractivity contribution in [3.63, 3.8) is 0 Å². The first kappa shape index (κ1) is 17.8. The second kappa shape index (κ2) is 8.89. The fraction of sp³-hybridized carbons (Fsp3) is 0.625. The summed E-state index contributed by atoms with van der Waals surface area (Å²) in [7, 11) is 1.73. The number of methoxy groups -OCH3 is 1. The van der Waals surface area contributed by atoms with Crippen LogP contribution >= 0.6 is 23.2 Å². The quantitative estimate of drug-likeness (QED) is 0.673. The van der Waals surface area contributed by atoms with Gasteiger partial charge in [0.25, 0.3) is 0 Å². The second-order valence-electron chi connectivity index (χ2n) is 5.91. The van der Waals surface area contributed by atoms with Crippen molar-refractivity contribution in [1.82, 2.24) is 5.32 Å². The molecule has 4 heteroatoms. The maximum atomic E-state index is 6.04. The van der Waals surface area contributed by atoms with Crippen LogP contribution in [0.4, 0.5) is 0 Å². The number of hydrogen-bond acceptors (Lipinski definition) is 2. The van der Waals surface area contributed by atoms with Gasteiger partial charge in [-0.2, -0.15) is 0 Å². The second-order valence-corrected chi connectivity index (χ2v) is 6.72. The molecule has 0 unspecified atom stereocenters. The Morgan fingerprint density at radius 3 is 2.50 bits per heavy atom. The van der Waals surface area contributed by atoms with Gasteiger partial charge < -0.3 is 10.1 Å². The Morgan fingerprint density at radius 1 is 1.10 bits per heavy atom. The molecule has 0 aliphatic carbocycles. The molecule has 20 heavy (non-hydrogen) atoms. The van der Waals surface area contributed by atoms with Crippen molar-refractivity contribution in [2.75, 3.05) is 26.8 Å². The lowest BCUT2D eigenvalue weighted by atomic mass is 9.83. The van der Waals surface area contributed by atoms with Gasteiger partial charge in [0.2, 0.25) is 0 Å². The van der Waals surface area contributed by atoms with Crippen LogP contribution in [0.2, 0.25) is 10.0 Å². The summed E-state index contributed by atoms with van der Waals surface area (Å²) in [5, 5.41) is 4.66. The van der Waals surface area contributed by atoms with Gasteiger partial charge in [0.1, 0.15) is 0 Å². The first-order valence-corrected chi connectivity index (χ1v) is 7.84. The summed E-state index contributed by atoms with van der Waals surface area (Å²) in [6.45, 7) is 7.33. The molecule has 114 valence electrons. The Morgan fingerprint density at radius 2 is 1.85 bits per heavy atom. The molecular formula is C16H25Cl2NO. The van der Waals surface area contributed by atoms with Gasteiger partial charge in [-0.1, -0.05) is 43.1 Å².